The highest BCUT2D eigenvalue weighted by molar-refractivity contribution is 5.95. The van der Waals surface area contributed by atoms with E-state index >= 15 is 0 Å². The summed E-state index contributed by atoms with van der Waals surface area (Å²) in [7, 11) is 1.36. The van der Waals surface area contributed by atoms with Gasteiger partial charge in [0.2, 0.25) is 0 Å². The van der Waals surface area contributed by atoms with Gasteiger partial charge in [-0.25, -0.2) is 4.79 Å². The maximum atomic E-state index is 11.0. The second-order valence-electron chi connectivity index (χ2n) is 3.25. The van der Waals surface area contributed by atoms with Crippen LogP contribution in [-0.2, 0) is 0 Å². The molecule has 0 amide bonds. The number of carbonyl (C=O) groups is 1. The fraction of sp³-hybridized carbons (Fsp3) is 0.100. The third-order valence-electron chi connectivity index (χ3n) is 2.24. The second-order valence-corrected chi connectivity index (χ2v) is 3.25. The van der Waals surface area contributed by atoms with Crippen molar-refractivity contribution in [2.24, 2.45) is 0 Å². The molecule has 17 heavy (non-hydrogen) atoms. The third-order valence-corrected chi connectivity index (χ3v) is 2.24. The summed E-state index contributed by atoms with van der Waals surface area (Å²) in [5, 5.41) is 8.97. The van der Waals surface area contributed by atoms with E-state index in [4.69, 9.17) is 9.84 Å². The van der Waals surface area contributed by atoms with Crippen LogP contribution in [0.3, 0.4) is 0 Å². The molecule has 0 fully saturated rings. The van der Waals surface area contributed by atoms with Crippen molar-refractivity contribution < 1.29 is 14.6 Å². The first kappa shape index (κ1) is 10.9. The van der Waals surface area contributed by atoms with Gasteiger partial charge in [-0.15, -0.1) is 0 Å². The van der Waals surface area contributed by atoms with Gasteiger partial charge >= 0.3 is 17.1 Å². The number of para-hydroxylation sites is 1. The van der Waals surface area contributed by atoms with Crippen molar-refractivity contribution in [2.45, 2.75) is 0 Å². The molecule has 2 N–H and O–H groups in total. The summed E-state index contributed by atoms with van der Waals surface area (Å²) in [5.74, 6) is -0.953. The number of aromatic carboxylic acids is 1. The normalized spacial score (nSPS) is 10.4. The molecular formula is C10H8N2O5. The third kappa shape index (κ3) is 1.78. The number of nitrogens with one attached hydrogen (secondary N) is 1. The minimum Gasteiger partial charge on any atom is -0.494 e. The van der Waals surface area contributed by atoms with E-state index in [0.717, 1.165) is 0 Å². The van der Waals surface area contributed by atoms with Crippen molar-refractivity contribution in [3.05, 3.63) is 44.5 Å². The molecule has 0 saturated heterocycles. The summed E-state index contributed by atoms with van der Waals surface area (Å²) in [6.07, 6.45) is 0. The summed E-state index contributed by atoms with van der Waals surface area (Å²) in [5.41, 5.74) is 0.967. The summed E-state index contributed by atoms with van der Waals surface area (Å²) in [6.45, 7) is 0. The van der Waals surface area contributed by atoms with E-state index < -0.39 is 17.1 Å². The van der Waals surface area contributed by atoms with Crippen LogP contribution < -0.4 is 21.3 Å². The number of hydrogen-bond acceptors (Lipinski definition) is 5. The highest BCUT2D eigenvalue weighted by Crippen LogP contribution is 2.28. The Kier molecular flexibility index (Phi) is 2.43. The van der Waals surface area contributed by atoms with Gasteiger partial charge in [0.15, 0.2) is 0 Å². The van der Waals surface area contributed by atoms with Crippen molar-refractivity contribution in [3.8, 4) is 5.75 Å². The highest BCUT2D eigenvalue weighted by Gasteiger charge is 2.21. The topological polar surface area (TPSA) is 97.6 Å². The Hall–Kier alpha value is -2.57. The van der Waals surface area contributed by atoms with E-state index in [1.54, 1.807) is 0 Å². The van der Waals surface area contributed by atoms with Gasteiger partial charge in [0.25, 0.3) is 0 Å². The van der Waals surface area contributed by atoms with Crippen molar-refractivity contribution in [2.75, 3.05) is 12.5 Å². The number of rotatable bonds is 4. The zero-order chi connectivity index (χ0) is 12.6. The molecule has 2 aromatic rings. The molecule has 0 unspecified atom stereocenters. The quantitative estimate of drug-likeness (QED) is 0.705. The number of ether oxygens (including phenoxy) is 1. The van der Waals surface area contributed by atoms with Crippen molar-refractivity contribution in [3.63, 3.8) is 0 Å². The maximum absolute atomic E-state index is 11.0. The van der Waals surface area contributed by atoms with E-state index in [9.17, 15) is 14.4 Å². The standard InChI is InChI=1S/C10H8N2O5/c1-17-6-4-2-3-5(10(15)16)7(6)11-12-8(13)9(12)14/h2-4,11H,1H3,(H,15,16). The van der Waals surface area contributed by atoms with E-state index in [0.29, 0.717) is 4.68 Å². The first-order valence-corrected chi connectivity index (χ1v) is 4.61. The molecule has 0 aliphatic rings. The molecule has 0 spiro atoms. The van der Waals surface area contributed by atoms with Crippen molar-refractivity contribution in [1.82, 2.24) is 4.68 Å². The van der Waals surface area contributed by atoms with Crippen LogP contribution in [0, 0.1) is 0 Å². The number of carboxylic acids is 1. The van der Waals surface area contributed by atoms with Crippen LogP contribution >= 0.6 is 0 Å². The Labute approximate surface area is 94.5 Å². The average Bonchev–Trinajstić information content (AvgIpc) is 2.87. The van der Waals surface area contributed by atoms with Crippen LogP contribution in [0.25, 0.3) is 0 Å². The summed E-state index contributed by atoms with van der Waals surface area (Å²) in [4.78, 5) is 32.6. The van der Waals surface area contributed by atoms with E-state index in [1.807, 2.05) is 0 Å². The lowest BCUT2D eigenvalue weighted by molar-refractivity contribution is 0.0697. The average molecular weight is 236 g/mol. The van der Waals surface area contributed by atoms with Crippen molar-refractivity contribution >= 4 is 11.7 Å². The summed E-state index contributed by atoms with van der Waals surface area (Å²) < 4.78 is 5.67. The van der Waals surface area contributed by atoms with E-state index in [2.05, 4.69) is 5.43 Å². The Bertz CT molecular complexity index is 626. The minimum atomic E-state index is -1.19. The molecule has 1 aromatic heterocycles. The number of carboxylic acid groups (broad SMARTS) is 1. The molecule has 0 aliphatic heterocycles. The lowest BCUT2D eigenvalue weighted by Crippen LogP contribution is -2.13. The lowest BCUT2D eigenvalue weighted by Gasteiger charge is -2.10. The number of anilines is 1. The van der Waals surface area contributed by atoms with Crippen LogP contribution in [0.5, 0.6) is 5.75 Å². The maximum Gasteiger partial charge on any atom is 0.340 e. The molecule has 88 valence electrons. The molecule has 0 aliphatic carbocycles. The predicted molar refractivity (Wildman–Crippen MR) is 58.3 cm³/mol. The molecule has 7 heteroatoms. The van der Waals surface area contributed by atoms with E-state index in [-0.39, 0.29) is 17.0 Å². The first-order chi connectivity index (χ1) is 8.06. The molecule has 1 heterocycles. The first-order valence-electron chi connectivity index (χ1n) is 4.61. The zero-order valence-corrected chi connectivity index (χ0v) is 8.76. The smallest absolute Gasteiger partial charge is 0.340 e. The lowest BCUT2D eigenvalue weighted by atomic mass is 10.1. The fourth-order valence-corrected chi connectivity index (χ4v) is 1.34. The SMILES string of the molecule is COc1cccc(C(=O)O)c1Nn1c(=O)c1=O. The molecular weight excluding hydrogens is 228 g/mol. The van der Waals surface area contributed by atoms with Crippen LogP contribution in [0.4, 0.5) is 5.69 Å². The van der Waals surface area contributed by atoms with Gasteiger partial charge in [-0.05, 0) is 12.1 Å². The van der Waals surface area contributed by atoms with Crippen LogP contribution in [0.15, 0.2) is 27.8 Å². The molecule has 0 atom stereocenters. The minimum absolute atomic E-state index is 0.0710. The molecule has 0 saturated carbocycles. The fourth-order valence-electron chi connectivity index (χ4n) is 1.34. The van der Waals surface area contributed by atoms with E-state index in [1.165, 1.54) is 25.3 Å². The van der Waals surface area contributed by atoms with Gasteiger partial charge in [0, 0.05) is 0 Å². The number of benzene rings is 1. The monoisotopic (exact) mass is 236 g/mol. The van der Waals surface area contributed by atoms with Gasteiger partial charge < -0.3 is 9.84 Å². The molecule has 2 rings (SSSR count). The second kappa shape index (κ2) is 3.78. The van der Waals surface area contributed by atoms with Gasteiger partial charge in [0.05, 0.1) is 12.7 Å². The number of nitrogens with zero attached hydrogens (tertiary/aromatic N) is 1. The predicted octanol–water partition coefficient (Wildman–Crippen LogP) is -0.334. The molecule has 1 aromatic carbocycles. The Morgan fingerprint density at radius 1 is 1.35 bits per heavy atom. The highest BCUT2D eigenvalue weighted by atomic mass is 16.5. The van der Waals surface area contributed by atoms with Gasteiger partial charge in [-0.1, -0.05) is 6.07 Å². The van der Waals surface area contributed by atoms with Crippen LogP contribution in [-0.4, -0.2) is 22.9 Å². The van der Waals surface area contributed by atoms with Gasteiger partial charge in [0.1, 0.15) is 11.4 Å². The Morgan fingerprint density at radius 3 is 2.47 bits per heavy atom. The molecule has 0 bridgehead atoms. The van der Waals surface area contributed by atoms with Crippen LogP contribution in [0.2, 0.25) is 0 Å². The number of methoxy groups -OCH3 is 1. The number of hydrogen-bond donors (Lipinski definition) is 2. The molecule has 0 radical (unpaired) electrons. The zero-order valence-electron chi connectivity index (χ0n) is 8.76. The van der Waals surface area contributed by atoms with Gasteiger partial charge in [-0.2, -0.15) is 4.68 Å². The Balaban J connectivity index is 2.49. The van der Waals surface area contributed by atoms with Crippen molar-refractivity contribution in [1.29, 1.82) is 0 Å². The summed E-state index contributed by atoms with van der Waals surface area (Å²) in [6, 6.07) is 4.36. The number of aromatic nitrogens is 1. The largest absolute Gasteiger partial charge is 0.494 e. The van der Waals surface area contributed by atoms with Gasteiger partial charge in [-0.3, -0.25) is 15.0 Å². The Morgan fingerprint density at radius 2 is 2.00 bits per heavy atom. The molecule has 7 nitrogen and oxygen atoms in total. The summed E-state index contributed by atoms with van der Waals surface area (Å²) >= 11 is 0. The van der Waals surface area contributed by atoms with Crippen LogP contribution in [0.1, 0.15) is 10.4 Å².